The van der Waals surface area contributed by atoms with E-state index in [1.54, 1.807) is 18.1 Å². The van der Waals surface area contributed by atoms with Crippen LogP contribution in [0.15, 0.2) is 12.4 Å². The molecule has 88 valence electrons. The zero-order chi connectivity index (χ0) is 12.1. The van der Waals surface area contributed by atoms with Crippen molar-refractivity contribution in [1.29, 1.82) is 0 Å². The first-order valence-electron chi connectivity index (χ1n) is 5.39. The van der Waals surface area contributed by atoms with E-state index in [0.717, 1.165) is 6.54 Å². The van der Waals surface area contributed by atoms with Gasteiger partial charge in [0.15, 0.2) is 0 Å². The highest BCUT2D eigenvalue weighted by Crippen LogP contribution is 2.06. The highest BCUT2D eigenvalue weighted by atomic mass is 16.2. The van der Waals surface area contributed by atoms with Crippen LogP contribution >= 0.6 is 0 Å². The lowest BCUT2D eigenvalue weighted by Gasteiger charge is -2.20. The Labute approximate surface area is 95.9 Å². The van der Waals surface area contributed by atoms with E-state index in [4.69, 9.17) is 0 Å². The normalized spacial score (nSPS) is 10.3. The van der Waals surface area contributed by atoms with Gasteiger partial charge in [0.2, 0.25) is 0 Å². The van der Waals surface area contributed by atoms with Crippen LogP contribution in [0.1, 0.15) is 31.3 Å². The molecule has 0 bridgehead atoms. The molecule has 1 aromatic heterocycles. The SMILES string of the molecule is CCNc1cncc(C(=O)N(C)C(C)C)n1. The molecule has 5 nitrogen and oxygen atoms in total. The zero-order valence-electron chi connectivity index (χ0n) is 10.2. The molecule has 0 aromatic carbocycles. The number of amides is 1. The van der Waals surface area contributed by atoms with Crippen molar-refractivity contribution in [2.45, 2.75) is 26.8 Å². The monoisotopic (exact) mass is 222 g/mol. The summed E-state index contributed by atoms with van der Waals surface area (Å²) in [5.74, 6) is 0.521. The van der Waals surface area contributed by atoms with E-state index < -0.39 is 0 Å². The third-order valence-corrected chi connectivity index (χ3v) is 2.31. The minimum Gasteiger partial charge on any atom is -0.369 e. The van der Waals surface area contributed by atoms with Gasteiger partial charge in [0.1, 0.15) is 11.5 Å². The second-order valence-corrected chi connectivity index (χ2v) is 3.83. The van der Waals surface area contributed by atoms with E-state index in [2.05, 4.69) is 15.3 Å². The van der Waals surface area contributed by atoms with Crippen LogP contribution in [0.5, 0.6) is 0 Å². The number of carbonyl (C=O) groups is 1. The van der Waals surface area contributed by atoms with Gasteiger partial charge in [0, 0.05) is 19.6 Å². The Kier molecular flexibility index (Phi) is 4.22. The molecule has 0 aliphatic heterocycles. The Bertz CT molecular complexity index is 365. The number of rotatable bonds is 4. The lowest BCUT2D eigenvalue weighted by molar-refractivity contribution is 0.0748. The highest BCUT2D eigenvalue weighted by molar-refractivity contribution is 5.92. The lowest BCUT2D eigenvalue weighted by Crippen LogP contribution is -2.33. The van der Waals surface area contributed by atoms with Gasteiger partial charge < -0.3 is 10.2 Å². The molecule has 0 spiro atoms. The molecule has 0 fully saturated rings. The van der Waals surface area contributed by atoms with E-state index in [0.29, 0.717) is 11.5 Å². The number of hydrogen-bond donors (Lipinski definition) is 1. The fraction of sp³-hybridized carbons (Fsp3) is 0.545. The van der Waals surface area contributed by atoms with Crippen molar-refractivity contribution in [3.05, 3.63) is 18.1 Å². The van der Waals surface area contributed by atoms with Gasteiger partial charge in [0.05, 0.1) is 12.4 Å². The van der Waals surface area contributed by atoms with Crippen LogP contribution in [0.3, 0.4) is 0 Å². The van der Waals surface area contributed by atoms with Gasteiger partial charge in [-0.3, -0.25) is 9.78 Å². The van der Waals surface area contributed by atoms with Gasteiger partial charge in [-0.15, -0.1) is 0 Å². The Hall–Kier alpha value is -1.65. The molecule has 0 aliphatic carbocycles. The van der Waals surface area contributed by atoms with Crippen LogP contribution in [0, 0.1) is 0 Å². The van der Waals surface area contributed by atoms with Gasteiger partial charge in [-0.2, -0.15) is 0 Å². The maximum Gasteiger partial charge on any atom is 0.274 e. The van der Waals surface area contributed by atoms with Crippen molar-refractivity contribution in [2.75, 3.05) is 18.9 Å². The molecule has 0 saturated heterocycles. The molecule has 0 radical (unpaired) electrons. The average molecular weight is 222 g/mol. The number of nitrogens with one attached hydrogen (secondary N) is 1. The van der Waals surface area contributed by atoms with E-state index in [1.807, 2.05) is 20.8 Å². The van der Waals surface area contributed by atoms with Crippen LogP contribution in [0.25, 0.3) is 0 Å². The van der Waals surface area contributed by atoms with Crippen LogP contribution in [0.2, 0.25) is 0 Å². The van der Waals surface area contributed by atoms with E-state index in [9.17, 15) is 4.79 Å². The van der Waals surface area contributed by atoms with Crippen LogP contribution in [-0.2, 0) is 0 Å². The summed E-state index contributed by atoms with van der Waals surface area (Å²) in [6.07, 6.45) is 3.09. The van der Waals surface area contributed by atoms with Crippen molar-refractivity contribution in [3.8, 4) is 0 Å². The minimum atomic E-state index is -0.109. The average Bonchev–Trinajstić information content (AvgIpc) is 2.28. The van der Waals surface area contributed by atoms with Gasteiger partial charge >= 0.3 is 0 Å². The summed E-state index contributed by atoms with van der Waals surface area (Å²) in [5, 5.41) is 3.03. The van der Waals surface area contributed by atoms with Crippen LogP contribution < -0.4 is 5.32 Å². The molecular weight excluding hydrogens is 204 g/mol. The van der Waals surface area contributed by atoms with Gasteiger partial charge in [0.25, 0.3) is 5.91 Å². The summed E-state index contributed by atoms with van der Waals surface area (Å²) in [6, 6.07) is 0.150. The van der Waals surface area contributed by atoms with Crippen molar-refractivity contribution >= 4 is 11.7 Å². The van der Waals surface area contributed by atoms with E-state index in [-0.39, 0.29) is 11.9 Å². The molecule has 5 heteroatoms. The van der Waals surface area contributed by atoms with Crippen molar-refractivity contribution < 1.29 is 4.79 Å². The molecule has 16 heavy (non-hydrogen) atoms. The molecule has 1 heterocycles. The second-order valence-electron chi connectivity index (χ2n) is 3.83. The van der Waals surface area contributed by atoms with Crippen LogP contribution in [-0.4, -0.2) is 40.4 Å². The Morgan fingerprint density at radius 3 is 2.75 bits per heavy atom. The van der Waals surface area contributed by atoms with Gasteiger partial charge in [-0.05, 0) is 20.8 Å². The van der Waals surface area contributed by atoms with E-state index in [1.165, 1.54) is 6.20 Å². The highest BCUT2D eigenvalue weighted by Gasteiger charge is 2.16. The number of hydrogen-bond acceptors (Lipinski definition) is 4. The Morgan fingerprint density at radius 1 is 1.50 bits per heavy atom. The summed E-state index contributed by atoms with van der Waals surface area (Å²) in [5.41, 5.74) is 0.370. The van der Waals surface area contributed by atoms with Gasteiger partial charge in [-0.1, -0.05) is 0 Å². The van der Waals surface area contributed by atoms with E-state index >= 15 is 0 Å². The number of anilines is 1. The second kappa shape index (κ2) is 5.44. The predicted molar refractivity (Wildman–Crippen MR) is 63.4 cm³/mol. The molecule has 1 rings (SSSR count). The third kappa shape index (κ3) is 2.92. The molecule has 0 saturated carbocycles. The summed E-state index contributed by atoms with van der Waals surface area (Å²) in [6.45, 7) is 6.64. The molecule has 0 atom stereocenters. The van der Waals surface area contributed by atoms with Gasteiger partial charge in [-0.25, -0.2) is 4.98 Å². The molecule has 0 aliphatic rings. The standard InChI is InChI=1S/C11H18N4O/c1-5-13-10-7-12-6-9(14-10)11(16)15(4)8(2)3/h6-8H,5H2,1-4H3,(H,13,14). The summed E-state index contributed by atoms with van der Waals surface area (Å²) in [4.78, 5) is 21.8. The first-order chi connectivity index (χ1) is 7.56. The fourth-order valence-corrected chi connectivity index (χ4v) is 1.15. The summed E-state index contributed by atoms with van der Waals surface area (Å²) < 4.78 is 0. The maximum atomic E-state index is 11.9. The number of nitrogens with zero attached hydrogens (tertiary/aromatic N) is 3. The molecule has 1 aromatic rings. The number of carbonyl (C=O) groups excluding carboxylic acids is 1. The maximum absolute atomic E-state index is 11.9. The third-order valence-electron chi connectivity index (χ3n) is 2.31. The molecular formula is C11H18N4O. The zero-order valence-corrected chi connectivity index (χ0v) is 10.2. The molecule has 1 amide bonds. The smallest absolute Gasteiger partial charge is 0.274 e. The predicted octanol–water partition coefficient (Wildman–Crippen LogP) is 1.39. The summed E-state index contributed by atoms with van der Waals surface area (Å²) in [7, 11) is 1.76. The Balaban J connectivity index is 2.87. The first-order valence-corrected chi connectivity index (χ1v) is 5.39. The topological polar surface area (TPSA) is 58.1 Å². The first kappa shape index (κ1) is 12.4. The largest absolute Gasteiger partial charge is 0.369 e. The Morgan fingerprint density at radius 2 is 2.19 bits per heavy atom. The molecule has 0 unspecified atom stereocenters. The molecule has 1 N–H and O–H groups in total. The van der Waals surface area contributed by atoms with Crippen molar-refractivity contribution in [2.24, 2.45) is 0 Å². The quantitative estimate of drug-likeness (QED) is 0.836. The lowest BCUT2D eigenvalue weighted by atomic mass is 10.3. The van der Waals surface area contributed by atoms with Crippen LogP contribution in [0.4, 0.5) is 5.82 Å². The minimum absolute atomic E-state index is 0.109. The van der Waals surface area contributed by atoms with Crippen molar-refractivity contribution in [3.63, 3.8) is 0 Å². The summed E-state index contributed by atoms with van der Waals surface area (Å²) >= 11 is 0. The van der Waals surface area contributed by atoms with Crippen molar-refractivity contribution in [1.82, 2.24) is 14.9 Å². The number of aromatic nitrogens is 2. The fourth-order valence-electron chi connectivity index (χ4n) is 1.15.